The Hall–Kier alpha value is -2.20. The van der Waals surface area contributed by atoms with Gasteiger partial charge in [-0.15, -0.1) is 0 Å². The molecule has 0 unspecified atom stereocenters. The molecule has 1 amide bonds. The maximum atomic E-state index is 12.0. The molecule has 2 aromatic rings. The summed E-state index contributed by atoms with van der Waals surface area (Å²) >= 11 is 6.09. The number of ether oxygens (including phenoxy) is 2. The van der Waals surface area contributed by atoms with Crippen LogP contribution < -0.4 is 14.8 Å². The number of fused-ring (bicyclic) bond motifs is 1. The highest BCUT2D eigenvalue weighted by Crippen LogP contribution is 2.30. The molecule has 23 heavy (non-hydrogen) atoms. The second-order valence-corrected chi connectivity index (χ2v) is 5.80. The molecule has 0 radical (unpaired) electrons. The van der Waals surface area contributed by atoms with Crippen LogP contribution in [0, 0.1) is 0 Å². The highest BCUT2D eigenvalue weighted by Gasteiger charge is 2.20. The van der Waals surface area contributed by atoms with E-state index < -0.39 is 0 Å². The molecule has 1 heterocycles. The second kappa shape index (κ2) is 7.38. The smallest absolute Gasteiger partial charge is 0.220 e. The van der Waals surface area contributed by atoms with Gasteiger partial charge in [0.25, 0.3) is 0 Å². The van der Waals surface area contributed by atoms with Crippen LogP contribution in [0.3, 0.4) is 0 Å². The van der Waals surface area contributed by atoms with Crippen LogP contribution in [0.5, 0.6) is 11.5 Å². The first-order valence-electron chi connectivity index (χ1n) is 7.61. The summed E-state index contributed by atoms with van der Waals surface area (Å²) in [5, 5.41) is 3.58. The summed E-state index contributed by atoms with van der Waals surface area (Å²) in [7, 11) is 0. The van der Waals surface area contributed by atoms with Crippen LogP contribution in [0.15, 0.2) is 48.5 Å². The van der Waals surface area contributed by atoms with Crippen molar-refractivity contribution < 1.29 is 14.3 Å². The molecular formula is C18H18ClNO3. The van der Waals surface area contributed by atoms with Crippen LogP contribution in [0.1, 0.15) is 12.0 Å². The first-order valence-corrected chi connectivity index (χ1v) is 7.99. The van der Waals surface area contributed by atoms with Crippen LogP contribution in [-0.2, 0) is 11.2 Å². The molecule has 1 N–H and O–H groups in total. The van der Waals surface area contributed by atoms with Crippen molar-refractivity contribution in [2.45, 2.75) is 18.9 Å². The van der Waals surface area contributed by atoms with Gasteiger partial charge in [0.1, 0.15) is 12.7 Å². The van der Waals surface area contributed by atoms with E-state index in [9.17, 15) is 4.79 Å². The van der Waals surface area contributed by atoms with Crippen molar-refractivity contribution in [3.63, 3.8) is 0 Å². The van der Waals surface area contributed by atoms with Gasteiger partial charge in [-0.25, -0.2) is 0 Å². The average molecular weight is 332 g/mol. The number of carbonyl (C=O) groups is 1. The minimum absolute atomic E-state index is 0.0209. The Morgan fingerprint density at radius 2 is 1.87 bits per heavy atom. The number of nitrogens with one attached hydrogen (secondary N) is 1. The van der Waals surface area contributed by atoms with Crippen LogP contribution in [0.2, 0.25) is 5.02 Å². The standard InChI is InChI=1S/C18H18ClNO3/c19-15-6-2-1-5-13(15)9-10-18(21)20-11-14-12-22-16-7-3-4-8-17(16)23-14/h1-8,14H,9-12H2,(H,20,21)/t14-/m0/s1. The van der Waals surface area contributed by atoms with Gasteiger partial charge in [-0.05, 0) is 30.2 Å². The Balaban J connectivity index is 1.44. The van der Waals surface area contributed by atoms with E-state index in [0.717, 1.165) is 11.3 Å². The Kier molecular flexibility index (Phi) is 5.03. The molecule has 2 aromatic carbocycles. The Labute approximate surface area is 140 Å². The first kappa shape index (κ1) is 15.7. The lowest BCUT2D eigenvalue weighted by atomic mass is 10.1. The zero-order chi connectivity index (χ0) is 16.1. The number of amides is 1. The lowest BCUT2D eigenvalue weighted by Gasteiger charge is -2.26. The quantitative estimate of drug-likeness (QED) is 0.915. The van der Waals surface area contributed by atoms with Crippen molar-refractivity contribution in [2.75, 3.05) is 13.2 Å². The maximum absolute atomic E-state index is 12.0. The van der Waals surface area contributed by atoms with E-state index in [2.05, 4.69) is 5.32 Å². The van der Waals surface area contributed by atoms with Gasteiger partial charge in [0.05, 0.1) is 6.54 Å². The van der Waals surface area contributed by atoms with Crippen molar-refractivity contribution >= 4 is 17.5 Å². The van der Waals surface area contributed by atoms with Crippen LogP contribution in [-0.4, -0.2) is 25.2 Å². The Bertz CT molecular complexity index is 689. The number of aryl methyl sites for hydroxylation is 1. The zero-order valence-electron chi connectivity index (χ0n) is 12.6. The molecular weight excluding hydrogens is 314 g/mol. The summed E-state index contributed by atoms with van der Waals surface area (Å²) in [6, 6.07) is 15.1. The van der Waals surface area contributed by atoms with Gasteiger partial charge in [-0.1, -0.05) is 41.9 Å². The summed E-state index contributed by atoms with van der Waals surface area (Å²) in [4.78, 5) is 12.0. The predicted molar refractivity (Wildman–Crippen MR) is 89.1 cm³/mol. The van der Waals surface area contributed by atoms with E-state index in [0.29, 0.717) is 36.8 Å². The molecule has 0 aromatic heterocycles. The fraction of sp³-hybridized carbons (Fsp3) is 0.278. The lowest BCUT2D eigenvalue weighted by Crippen LogP contribution is -2.40. The molecule has 5 heteroatoms. The van der Waals surface area contributed by atoms with Gasteiger partial charge in [0, 0.05) is 11.4 Å². The summed E-state index contributed by atoms with van der Waals surface area (Å²) in [6.45, 7) is 0.859. The average Bonchev–Trinajstić information content (AvgIpc) is 2.59. The molecule has 0 saturated carbocycles. The first-order chi connectivity index (χ1) is 11.2. The largest absolute Gasteiger partial charge is 0.486 e. The van der Waals surface area contributed by atoms with E-state index in [1.54, 1.807) is 0 Å². The molecule has 0 bridgehead atoms. The number of halogens is 1. The van der Waals surface area contributed by atoms with Gasteiger partial charge in [-0.3, -0.25) is 4.79 Å². The SMILES string of the molecule is O=C(CCc1ccccc1Cl)NC[C@H]1COc2ccccc2O1. The second-order valence-electron chi connectivity index (χ2n) is 5.39. The number of benzene rings is 2. The van der Waals surface area contributed by atoms with Crippen LogP contribution >= 0.6 is 11.6 Å². The minimum Gasteiger partial charge on any atom is -0.486 e. The summed E-state index contributed by atoms with van der Waals surface area (Å²) < 4.78 is 11.4. The van der Waals surface area contributed by atoms with Crippen LogP contribution in [0.25, 0.3) is 0 Å². The van der Waals surface area contributed by atoms with Gasteiger partial charge in [-0.2, -0.15) is 0 Å². The van der Waals surface area contributed by atoms with Gasteiger partial charge in [0.15, 0.2) is 11.5 Å². The number of para-hydroxylation sites is 2. The molecule has 4 nitrogen and oxygen atoms in total. The number of hydrogen-bond donors (Lipinski definition) is 1. The third-order valence-electron chi connectivity index (χ3n) is 3.67. The molecule has 0 saturated heterocycles. The molecule has 1 aliphatic rings. The molecule has 1 aliphatic heterocycles. The van der Waals surface area contributed by atoms with Crippen molar-refractivity contribution in [1.82, 2.24) is 5.32 Å². The third-order valence-corrected chi connectivity index (χ3v) is 4.04. The summed E-state index contributed by atoms with van der Waals surface area (Å²) in [6.07, 6.45) is 0.846. The molecule has 1 atom stereocenters. The Morgan fingerprint density at radius 3 is 2.70 bits per heavy atom. The maximum Gasteiger partial charge on any atom is 0.220 e. The van der Waals surface area contributed by atoms with Crippen LogP contribution in [0.4, 0.5) is 0 Å². The Morgan fingerprint density at radius 1 is 1.13 bits per heavy atom. The van der Waals surface area contributed by atoms with E-state index in [1.165, 1.54) is 0 Å². The van der Waals surface area contributed by atoms with Gasteiger partial charge >= 0.3 is 0 Å². The monoisotopic (exact) mass is 331 g/mol. The van der Waals surface area contributed by atoms with Gasteiger partial charge < -0.3 is 14.8 Å². The minimum atomic E-state index is -0.172. The van der Waals surface area contributed by atoms with Crippen molar-refractivity contribution in [2.24, 2.45) is 0 Å². The summed E-state index contributed by atoms with van der Waals surface area (Å²) in [5.41, 5.74) is 0.982. The molecule has 0 spiro atoms. The fourth-order valence-electron chi connectivity index (χ4n) is 2.43. The van der Waals surface area contributed by atoms with E-state index in [-0.39, 0.29) is 12.0 Å². The third kappa shape index (κ3) is 4.17. The van der Waals surface area contributed by atoms with E-state index in [4.69, 9.17) is 21.1 Å². The lowest BCUT2D eigenvalue weighted by molar-refractivity contribution is -0.121. The van der Waals surface area contributed by atoms with Crippen molar-refractivity contribution in [3.8, 4) is 11.5 Å². The molecule has 3 rings (SSSR count). The number of hydrogen-bond acceptors (Lipinski definition) is 3. The molecule has 120 valence electrons. The number of rotatable bonds is 5. The summed E-state index contributed by atoms with van der Waals surface area (Å²) in [5.74, 6) is 1.44. The van der Waals surface area contributed by atoms with Crippen molar-refractivity contribution in [1.29, 1.82) is 0 Å². The topological polar surface area (TPSA) is 47.6 Å². The zero-order valence-corrected chi connectivity index (χ0v) is 13.4. The fourth-order valence-corrected chi connectivity index (χ4v) is 2.66. The predicted octanol–water partition coefficient (Wildman–Crippen LogP) is 3.23. The van der Waals surface area contributed by atoms with Gasteiger partial charge in [0.2, 0.25) is 5.91 Å². The molecule has 0 fully saturated rings. The molecule has 0 aliphatic carbocycles. The highest BCUT2D eigenvalue weighted by molar-refractivity contribution is 6.31. The highest BCUT2D eigenvalue weighted by atomic mass is 35.5. The van der Waals surface area contributed by atoms with E-state index in [1.807, 2.05) is 48.5 Å². The number of carbonyl (C=O) groups excluding carboxylic acids is 1. The normalized spacial score (nSPS) is 16.0. The van der Waals surface area contributed by atoms with Crippen molar-refractivity contribution in [3.05, 3.63) is 59.1 Å². The van der Waals surface area contributed by atoms with E-state index >= 15 is 0 Å².